The van der Waals surface area contributed by atoms with Crippen molar-refractivity contribution in [2.45, 2.75) is 63.6 Å². The van der Waals surface area contributed by atoms with Crippen molar-refractivity contribution in [3.05, 3.63) is 29.3 Å². The first-order chi connectivity index (χ1) is 14.0. The van der Waals surface area contributed by atoms with Crippen LogP contribution in [0.3, 0.4) is 0 Å². The number of amides is 3. The molecular formula is C22H27N3O4. The van der Waals surface area contributed by atoms with E-state index in [-0.39, 0.29) is 30.2 Å². The van der Waals surface area contributed by atoms with Crippen molar-refractivity contribution in [3.8, 4) is 5.75 Å². The van der Waals surface area contributed by atoms with Crippen molar-refractivity contribution in [1.29, 1.82) is 0 Å². The molecule has 2 saturated heterocycles. The van der Waals surface area contributed by atoms with Gasteiger partial charge >= 0.3 is 0 Å². The van der Waals surface area contributed by atoms with Crippen LogP contribution in [0.5, 0.6) is 5.75 Å². The molecule has 3 aliphatic heterocycles. The second kappa shape index (κ2) is 7.13. The number of benzene rings is 1. The molecule has 5 rings (SSSR count). The number of piperidine rings is 1. The summed E-state index contributed by atoms with van der Waals surface area (Å²) in [6.07, 6.45) is 6.51. The molecular weight excluding hydrogens is 370 g/mol. The topological polar surface area (TPSA) is 87.7 Å². The molecule has 1 unspecified atom stereocenters. The maximum absolute atomic E-state index is 12.9. The fraction of sp³-hybridized carbons (Fsp3) is 0.591. The van der Waals surface area contributed by atoms with Crippen LogP contribution in [0.2, 0.25) is 0 Å². The summed E-state index contributed by atoms with van der Waals surface area (Å²) in [4.78, 5) is 38.2. The monoisotopic (exact) mass is 397 g/mol. The highest BCUT2D eigenvalue weighted by molar-refractivity contribution is 6.05. The number of hydrogen-bond donors (Lipinski definition) is 2. The van der Waals surface area contributed by atoms with Gasteiger partial charge in [0.25, 0.3) is 5.91 Å². The molecule has 1 saturated carbocycles. The lowest BCUT2D eigenvalue weighted by Gasteiger charge is -2.36. The van der Waals surface area contributed by atoms with Crippen LogP contribution in [-0.2, 0) is 16.1 Å². The van der Waals surface area contributed by atoms with Crippen molar-refractivity contribution < 1.29 is 19.1 Å². The van der Waals surface area contributed by atoms with Crippen LogP contribution in [0.25, 0.3) is 0 Å². The molecule has 29 heavy (non-hydrogen) atoms. The Morgan fingerprint density at radius 1 is 1.07 bits per heavy atom. The molecule has 2 N–H and O–H groups in total. The molecule has 7 nitrogen and oxygen atoms in total. The van der Waals surface area contributed by atoms with Gasteiger partial charge in [0.15, 0.2) is 0 Å². The Bertz CT molecular complexity index is 852. The van der Waals surface area contributed by atoms with Crippen molar-refractivity contribution in [3.63, 3.8) is 0 Å². The summed E-state index contributed by atoms with van der Waals surface area (Å²) in [5.41, 5.74) is 1.93. The minimum absolute atomic E-state index is 0.153. The lowest BCUT2D eigenvalue weighted by atomic mass is 9.72. The van der Waals surface area contributed by atoms with Gasteiger partial charge in [0, 0.05) is 24.1 Å². The van der Waals surface area contributed by atoms with E-state index in [1.165, 1.54) is 19.3 Å². The number of ether oxygens (including phenoxy) is 1. The SMILES string of the molecule is O=C1CCC(N2Cc3c(OC4CCC5(CCNC5)CC4)cccc3C2=O)C(=O)N1. The van der Waals surface area contributed by atoms with Crippen LogP contribution >= 0.6 is 0 Å². The van der Waals surface area contributed by atoms with Gasteiger partial charge in [-0.05, 0) is 62.6 Å². The number of nitrogens with one attached hydrogen (secondary N) is 2. The molecule has 3 fully saturated rings. The van der Waals surface area contributed by atoms with E-state index in [2.05, 4.69) is 10.6 Å². The molecule has 1 aromatic carbocycles. The molecule has 1 spiro atoms. The van der Waals surface area contributed by atoms with Gasteiger partial charge in [0.1, 0.15) is 11.8 Å². The third kappa shape index (κ3) is 3.31. The van der Waals surface area contributed by atoms with E-state index in [1.807, 2.05) is 12.1 Å². The van der Waals surface area contributed by atoms with E-state index in [0.717, 1.165) is 37.2 Å². The standard InChI is InChI=1S/C22H27N3O4/c26-19-5-4-17(20(27)24-19)25-12-16-15(21(25)28)2-1-3-18(16)29-14-6-8-22(9-7-14)10-11-23-13-22/h1-3,14,17,23H,4-13H2,(H,24,26,27). The molecule has 0 bridgehead atoms. The zero-order valence-corrected chi connectivity index (χ0v) is 16.5. The van der Waals surface area contributed by atoms with Crippen molar-refractivity contribution in [1.82, 2.24) is 15.5 Å². The first-order valence-electron chi connectivity index (χ1n) is 10.7. The Kier molecular flexibility index (Phi) is 4.57. The minimum Gasteiger partial charge on any atom is -0.490 e. The van der Waals surface area contributed by atoms with E-state index >= 15 is 0 Å². The van der Waals surface area contributed by atoms with Crippen LogP contribution in [0.15, 0.2) is 18.2 Å². The van der Waals surface area contributed by atoms with Gasteiger partial charge < -0.3 is 15.0 Å². The smallest absolute Gasteiger partial charge is 0.255 e. The molecule has 1 aliphatic carbocycles. The third-order valence-electron chi connectivity index (χ3n) is 7.16. The van der Waals surface area contributed by atoms with Crippen molar-refractivity contribution in [2.24, 2.45) is 5.41 Å². The average molecular weight is 397 g/mol. The van der Waals surface area contributed by atoms with E-state index in [1.54, 1.807) is 11.0 Å². The minimum atomic E-state index is -0.593. The Balaban J connectivity index is 1.30. The zero-order chi connectivity index (χ0) is 20.0. The fourth-order valence-corrected chi connectivity index (χ4v) is 5.39. The van der Waals surface area contributed by atoms with E-state index < -0.39 is 6.04 Å². The van der Waals surface area contributed by atoms with Gasteiger partial charge in [0.05, 0.1) is 12.6 Å². The Morgan fingerprint density at radius 2 is 1.90 bits per heavy atom. The van der Waals surface area contributed by atoms with Gasteiger partial charge in [-0.1, -0.05) is 6.07 Å². The molecule has 0 radical (unpaired) electrons. The summed E-state index contributed by atoms with van der Waals surface area (Å²) in [5.74, 6) is -0.0460. The molecule has 1 aromatic rings. The molecule has 7 heteroatoms. The van der Waals surface area contributed by atoms with Gasteiger partial charge in [-0.3, -0.25) is 19.7 Å². The van der Waals surface area contributed by atoms with Crippen LogP contribution in [-0.4, -0.2) is 47.9 Å². The fourth-order valence-electron chi connectivity index (χ4n) is 5.39. The maximum atomic E-state index is 12.9. The lowest BCUT2D eigenvalue weighted by Crippen LogP contribution is -2.52. The summed E-state index contributed by atoms with van der Waals surface area (Å²) in [6, 6.07) is 4.99. The van der Waals surface area contributed by atoms with Crippen LogP contribution in [0, 0.1) is 5.41 Å². The summed E-state index contributed by atoms with van der Waals surface area (Å²) in [7, 11) is 0. The summed E-state index contributed by atoms with van der Waals surface area (Å²) in [6.45, 7) is 2.60. The van der Waals surface area contributed by atoms with E-state index in [9.17, 15) is 14.4 Å². The number of imide groups is 1. The van der Waals surface area contributed by atoms with Crippen molar-refractivity contribution in [2.75, 3.05) is 13.1 Å². The van der Waals surface area contributed by atoms with Gasteiger partial charge in [-0.2, -0.15) is 0 Å². The predicted molar refractivity (Wildman–Crippen MR) is 105 cm³/mol. The highest BCUT2D eigenvalue weighted by atomic mass is 16.5. The molecule has 1 atom stereocenters. The van der Waals surface area contributed by atoms with E-state index in [0.29, 0.717) is 23.9 Å². The first kappa shape index (κ1) is 18.6. The number of fused-ring (bicyclic) bond motifs is 1. The first-order valence-corrected chi connectivity index (χ1v) is 10.7. The third-order valence-corrected chi connectivity index (χ3v) is 7.16. The molecule has 4 aliphatic rings. The predicted octanol–water partition coefficient (Wildman–Crippen LogP) is 1.75. The molecule has 0 aromatic heterocycles. The Morgan fingerprint density at radius 3 is 2.62 bits per heavy atom. The van der Waals surface area contributed by atoms with Gasteiger partial charge in [0.2, 0.25) is 11.8 Å². The largest absolute Gasteiger partial charge is 0.490 e. The maximum Gasteiger partial charge on any atom is 0.255 e. The number of carbonyl (C=O) groups excluding carboxylic acids is 3. The Labute approximate surface area is 170 Å². The second-order valence-electron chi connectivity index (χ2n) is 8.93. The Hall–Kier alpha value is -2.41. The number of nitrogens with zero attached hydrogens (tertiary/aromatic N) is 1. The van der Waals surface area contributed by atoms with Crippen LogP contribution in [0.4, 0.5) is 0 Å². The summed E-state index contributed by atoms with van der Waals surface area (Å²) < 4.78 is 6.37. The molecule has 3 amide bonds. The van der Waals surface area contributed by atoms with E-state index in [4.69, 9.17) is 4.74 Å². The van der Waals surface area contributed by atoms with Gasteiger partial charge in [-0.15, -0.1) is 0 Å². The number of carbonyl (C=O) groups is 3. The van der Waals surface area contributed by atoms with Crippen LogP contribution < -0.4 is 15.4 Å². The average Bonchev–Trinajstić information content (AvgIpc) is 3.30. The van der Waals surface area contributed by atoms with Crippen LogP contribution in [0.1, 0.15) is 60.9 Å². The highest BCUT2D eigenvalue weighted by Gasteiger charge is 2.41. The second-order valence-corrected chi connectivity index (χ2v) is 8.93. The zero-order valence-electron chi connectivity index (χ0n) is 16.5. The quantitative estimate of drug-likeness (QED) is 0.759. The number of rotatable bonds is 3. The summed E-state index contributed by atoms with van der Waals surface area (Å²) in [5, 5.41) is 5.84. The summed E-state index contributed by atoms with van der Waals surface area (Å²) >= 11 is 0. The number of hydrogen-bond acceptors (Lipinski definition) is 5. The van der Waals surface area contributed by atoms with Gasteiger partial charge in [-0.25, -0.2) is 0 Å². The highest BCUT2D eigenvalue weighted by Crippen LogP contribution is 2.43. The normalized spacial score (nSPS) is 31.9. The molecule has 154 valence electrons. The lowest BCUT2D eigenvalue weighted by molar-refractivity contribution is -0.136. The van der Waals surface area contributed by atoms with Crippen molar-refractivity contribution >= 4 is 17.7 Å². The molecule has 3 heterocycles.